The quantitative estimate of drug-likeness (QED) is 0.807. The van der Waals surface area contributed by atoms with E-state index in [1.165, 1.54) is 6.07 Å². The Bertz CT molecular complexity index is 581. The molecule has 0 bridgehead atoms. The lowest BCUT2D eigenvalue weighted by atomic mass is 9.67. The van der Waals surface area contributed by atoms with E-state index in [1.54, 1.807) is 0 Å². The van der Waals surface area contributed by atoms with Gasteiger partial charge in [-0.1, -0.05) is 19.3 Å². The summed E-state index contributed by atoms with van der Waals surface area (Å²) in [5.41, 5.74) is -0.321. The Morgan fingerprint density at radius 2 is 1.81 bits per heavy atom. The molecule has 21 heavy (non-hydrogen) atoms. The molecule has 1 saturated carbocycles. The van der Waals surface area contributed by atoms with Crippen LogP contribution >= 0.6 is 0 Å². The van der Waals surface area contributed by atoms with E-state index in [0.717, 1.165) is 37.0 Å². The van der Waals surface area contributed by atoms with Crippen LogP contribution in [-0.4, -0.2) is 33.1 Å². The zero-order valence-electron chi connectivity index (χ0n) is 11.6. The maximum atomic E-state index is 12.4. The van der Waals surface area contributed by atoms with Gasteiger partial charge in [0.2, 0.25) is 11.8 Å². The van der Waals surface area contributed by atoms with Crippen LogP contribution in [0.1, 0.15) is 55.4 Å². The third-order valence-electron chi connectivity index (χ3n) is 4.49. The molecule has 7 heteroatoms. The lowest BCUT2D eigenvalue weighted by molar-refractivity contribution is -0.134. The van der Waals surface area contributed by atoms with E-state index >= 15 is 0 Å². The Hall–Kier alpha value is -2.18. The van der Waals surface area contributed by atoms with Gasteiger partial charge in [0.25, 0.3) is 0 Å². The lowest BCUT2D eigenvalue weighted by Gasteiger charge is -2.41. The van der Waals surface area contributed by atoms with Crippen molar-refractivity contribution in [2.45, 2.75) is 44.9 Å². The fourth-order valence-corrected chi connectivity index (χ4v) is 3.45. The van der Waals surface area contributed by atoms with Crippen LogP contribution < -0.4 is 4.90 Å². The van der Waals surface area contributed by atoms with Gasteiger partial charge in [0.15, 0.2) is 5.82 Å². The number of amides is 2. The molecule has 7 nitrogen and oxygen atoms in total. The molecule has 0 unspecified atom stereocenters. The first-order valence-corrected chi connectivity index (χ1v) is 7.15. The number of aromatic amines is 1. The third-order valence-corrected chi connectivity index (χ3v) is 4.49. The number of aromatic nitrogens is 2. The van der Waals surface area contributed by atoms with E-state index in [0.29, 0.717) is 12.8 Å². The van der Waals surface area contributed by atoms with Crippen molar-refractivity contribution < 1.29 is 19.5 Å². The number of nitrogens with zero attached hydrogens (tertiary/aromatic N) is 2. The van der Waals surface area contributed by atoms with Gasteiger partial charge in [0, 0.05) is 18.9 Å². The largest absolute Gasteiger partial charge is 0.477 e. The number of carboxylic acid groups (broad SMARTS) is 1. The summed E-state index contributed by atoms with van der Waals surface area (Å²) in [6, 6.07) is 1.22. The van der Waals surface area contributed by atoms with Gasteiger partial charge in [-0.05, 0) is 18.3 Å². The van der Waals surface area contributed by atoms with Gasteiger partial charge < -0.3 is 5.11 Å². The molecule has 2 heterocycles. The number of piperidine rings is 1. The monoisotopic (exact) mass is 291 g/mol. The number of hydrogen-bond acceptors (Lipinski definition) is 4. The molecule has 0 atom stereocenters. The van der Waals surface area contributed by atoms with E-state index in [9.17, 15) is 14.4 Å². The lowest BCUT2D eigenvalue weighted by Crippen LogP contribution is -2.49. The molecule has 1 aliphatic heterocycles. The van der Waals surface area contributed by atoms with Crippen molar-refractivity contribution in [2.75, 3.05) is 4.90 Å². The van der Waals surface area contributed by atoms with Crippen molar-refractivity contribution in [2.24, 2.45) is 5.41 Å². The molecular weight excluding hydrogens is 274 g/mol. The summed E-state index contributed by atoms with van der Waals surface area (Å²) < 4.78 is 0. The molecule has 2 aliphatic rings. The number of aromatic carboxylic acids is 1. The first-order chi connectivity index (χ1) is 10.0. The second-order valence-corrected chi connectivity index (χ2v) is 5.98. The van der Waals surface area contributed by atoms with Gasteiger partial charge in [0.05, 0.1) is 0 Å². The van der Waals surface area contributed by atoms with Crippen LogP contribution in [0, 0.1) is 5.41 Å². The van der Waals surface area contributed by atoms with Crippen molar-refractivity contribution in [1.29, 1.82) is 0 Å². The van der Waals surface area contributed by atoms with Gasteiger partial charge in [-0.2, -0.15) is 5.10 Å². The Morgan fingerprint density at radius 1 is 1.19 bits per heavy atom. The van der Waals surface area contributed by atoms with Crippen molar-refractivity contribution in [3.63, 3.8) is 0 Å². The van der Waals surface area contributed by atoms with Crippen LogP contribution in [0.5, 0.6) is 0 Å². The van der Waals surface area contributed by atoms with Crippen molar-refractivity contribution in [3.05, 3.63) is 11.8 Å². The predicted octanol–water partition coefficient (Wildman–Crippen LogP) is 1.71. The zero-order valence-corrected chi connectivity index (χ0v) is 11.6. The molecule has 1 aliphatic carbocycles. The molecule has 1 spiro atoms. The fourth-order valence-electron chi connectivity index (χ4n) is 3.45. The zero-order chi connectivity index (χ0) is 15.0. The second kappa shape index (κ2) is 4.98. The molecule has 0 aromatic carbocycles. The number of rotatable bonds is 2. The molecule has 3 rings (SSSR count). The average Bonchev–Trinajstić information content (AvgIpc) is 2.88. The van der Waals surface area contributed by atoms with E-state index in [1.807, 2.05) is 0 Å². The molecule has 2 fully saturated rings. The topological polar surface area (TPSA) is 103 Å². The third kappa shape index (κ3) is 2.43. The van der Waals surface area contributed by atoms with Gasteiger partial charge in [0.1, 0.15) is 5.69 Å². The highest BCUT2D eigenvalue weighted by molar-refractivity contribution is 6.16. The predicted molar refractivity (Wildman–Crippen MR) is 72.8 cm³/mol. The summed E-state index contributed by atoms with van der Waals surface area (Å²) in [5, 5.41) is 15.0. The molecule has 1 aromatic rings. The average molecular weight is 291 g/mol. The smallest absolute Gasteiger partial charge is 0.353 e. The van der Waals surface area contributed by atoms with Crippen LogP contribution in [0.25, 0.3) is 0 Å². The van der Waals surface area contributed by atoms with E-state index in [2.05, 4.69) is 10.2 Å². The van der Waals surface area contributed by atoms with E-state index in [-0.39, 0.29) is 28.7 Å². The maximum Gasteiger partial charge on any atom is 0.353 e. The summed E-state index contributed by atoms with van der Waals surface area (Å²) in [6.07, 6.45) is 5.80. The van der Waals surface area contributed by atoms with Gasteiger partial charge in [-0.25, -0.2) is 9.69 Å². The highest BCUT2D eigenvalue weighted by atomic mass is 16.4. The molecule has 112 valence electrons. The number of anilines is 1. The highest BCUT2D eigenvalue weighted by Crippen LogP contribution is 2.45. The van der Waals surface area contributed by atoms with Gasteiger partial charge in [-0.3, -0.25) is 14.7 Å². The highest BCUT2D eigenvalue weighted by Gasteiger charge is 2.45. The van der Waals surface area contributed by atoms with Crippen molar-refractivity contribution in [1.82, 2.24) is 10.2 Å². The molecule has 0 radical (unpaired) electrons. The minimum Gasteiger partial charge on any atom is -0.477 e. The van der Waals surface area contributed by atoms with Crippen molar-refractivity contribution >= 4 is 23.6 Å². The fraction of sp³-hybridized carbons (Fsp3) is 0.571. The number of hydrogen-bond donors (Lipinski definition) is 2. The summed E-state index contributed by atoms with van der Waals surface area (Å²) in [5.74, 6) is -1.66. The normalized spacial score (nSPS) is 21.8. The Labute approximate surface area is 121 Å². The molecule has 1 saturated heterocycles. The van der Waals surface area contributed by atoms with Crippen LogP contribution in [0.3, 0.4) is 0 Å². The minimum absolute atomic E-state index is 0.0769. The standard InChI is InChI=1S/C14H17N3O4/c18-11-7-14(4-2-1-3-5-14)8-12(19)17(11)10-6-9(13(20)21)15-16-10/h6H,1-5,7-8H2,(H,15,16)(H,20,21). The first-order valence-electron chi connectivity index (χ1n) is 7.15. The Kier molecular flexibility index (Phi) is 3.27. The molecule has 2 N–H and O–H groups in total. The number of carbonyl (C=O) groups excluding carboxylic acids is 2. The summed E-state index contributed by atoms with van der Waals surface area (Å²) >= 11 is 0. The molecular formula is C14H17N3O4. The molecule has 1 aromatic heterocycles. The number of imide groups is 1. The van der Waals surface area contributed by atoms with Crippen LogP contribution in [-0.2, 0) is 9.59 Å². The van der Waals surface area contributed by atoms with Crippen LogP contribution in [0.2, 0.25) is 0 Å². The summed E-state index contributed by atoms with van der Waals surface area (Å²) in [6.45, 7) is 0. The summed E-state index contributed by atoms with van der Waals surface area (Å²) in [4.78, 5) is 36.6. The van der Waals surface area contributed by atoms with Crippen molar-refractivity contribution in [3.8, 4) is 0 Å². The number of carbonyl (C=O) groups is 3. The Morgan fingerprint density at radius 3 is 2.33 bits per heavy atom. The van der Waals surface area contributed by atoms with E-state index in [4.69, 9.17) is 5.11 Å². The van der Waals surface area contributed by atoms with Gasteiger partial charge >= 0.3 is 5.97 Å². The van der Waals surface area contributed by atoms with E-state index < -0.39 is 5.97 Å². The SMILES string of the molecule is O=C(O)c1cc(N2C(=O)CC3(CCCCC3)CC2=O)n[nH]1. The maximum absolute atomic E-state index is 12.4. The minimum atomic E-state index is -1.17. The molecule has 2 amide bonds. The summed E-state index contributed by atoms with van der Waals surface area (Å²) in [7, 11) is 0. The number of nitrogens with one attached hydrogen (secondary N) is 1. The Balaban J connectivity index is 1.83. The van der Waals surface area contributed by atoms with Crippen LogP contribution in [0.15, 0.2) is 6.07 Å². The first kappa shape index (κ1) is 13.8. The number of carboxylic acids is 1. The second-order valence-electron chi connectivity index (χ2n) is 5.98. The van der Waals surface area contributed by atoms with Crippen LogP contribution in [0.4, 0.5) is 5.82 Å². The number of H-pyrrole nitrogens is 1. The van der Waals surface area contributed by atoms with Gasteiger partial charge in [-0.15, -0.1) is 0 Å².